The van der Waals surface area contributed by atoms with Crippen molar-refractivity contribution in [1.82, 2.24) is 20.2 Å². The fraction of sp³-hybridized carbons (Fsp3) is 0.571. The van der Waals surface area contributed by atoms with Crippen molar-refractivity contribution < 1.29 is 9.59 Å². The van der Waals surface area contributed by atoms with Crippen LogP contribution in [0.2, 0.25) is 0 Å². The number of hydrogen-bond acceptors (Lipinski definition) is 4. The van der Waals surface area contributed by atoms with Crippen LogP contribution in [-0.4, -0.2) is 45.8 Å². The van der Waals surface area contributed by atoms with Crippen molar-refractivity contribution in [2.75, 3.05) is 13.1 Å². The number of carbonyl (C=O) groups excluding carboxylic acids is 2. The number of aromatic nitrogens is 2. The highest BCUT2D eigenvalue weighted by Gasteiger charge is 2.34. The van der Waals surface area contributed by atoms with Crippen LogP contribution in [0.1, 0.15) is 36.5 Å². The van der Waals surface area contributed by atoms with E-state index in [1.165, 1.54) is 0 Å². The molecule has 1 fully saturated rings. The first kappa shape index (κ1) is 15.2. The molecule has 0 aliphatic carbocycles. The van der Waals surface area contributed by atoms with Crippen molar-refractivity contribution in [3.63, 3.8) is 0 Å². The monoisotopic (exact) mass is 292 g/mol. The first-order chi connectivity index (χ1) is 9.90. The molecule has 7 nitrogen and oxygen atoms in total. The average molecular weight is 292 g/mol. The minimum atomic E-state index is -0.526. The molecule has 2 rings (SSSR count). The Bertz CT molecular complexity index is 610. The lowest BCUT2D eigenvalue weighted by Gasteiger charge is -2.16. The highest BCUT2D eigenvalue weighted by molar-refractivity contribution is 5.92. The Morgan fingerprint density at radius 3 is 2.81 bits per heavy atom. The molecule has 0 spiro atoms. The Morgan fingerprint density at radius 1 is 1.48 bits per heavy atom. The molecule has 1 aromatic rings. The van der Waals surface area contributed by atoms with E-state index in [9.17, 15) is 14.4 Å². The molecule has 2 heterocycles. The summed E-state index contributed by atoms with van der Waals surface area (Å²) in [5.74, 6) is -0.122. The number of amides is 2. The Kier molecular flexibility index (Phi) is 4.40. The summed E-state index contributed by atoms with van der Waals surface area (Å²) < 4.78 is 0. The lowest BCUT2D eigenvalue weighted by molar-refractivity contribution is -0.121. The van der Waals surface area contributed by atoms with Crippen LogP contribution in [0.4, 0.5) is 0 Å². The molecule has 114 valence electrons. The summed E-state index contributed by atoms with van der Waals surface area (Å²) in [6, 6.07) is 1.51. The van der Waals surface area contributed by atoms with Crippen molar-refractivity contribution >= 4 is 11.8 Å². The summed E-state index contributed by atoms with van der Waals surface area (Å²) in [6.45, 7) is 6.47. The molecule has 7 heteroatoms. The van der Waals surface area contributed by atoms with Gasteiger partial charge in [-0.1, -0.05) is 13.8 Å². The highest BCUT2D eigenvalue weighted by Crippen LogP contribution is 2.18. The van der Waals surface area contributed by atoms with Crippen LogP contribution in [0.3, 0.4) is 0 Å². The quantitative estimate of drug-likeness (QED) is 0.824. The third kappa shape index (κ3) is 3.48. The predicted molar refractivity (Wildman–Crippen MR) is 76.9 cm³/mol. The zero-order valence-corrected chi connectivity index (χ0v) is 12.5. The van der Waals surface area contributed by atoms with Crippen molar-refractivity contribution in [3.8, 4) is 0 Å². The van der Waals surface area contributed by atoms with Gasteiger partial charge < -0.3 is 15.2 Å². The summed E-state index contributed by atoms with van der Waals surface area (Å²) >= 11 is 0. The Balaban J connectivity index is 2.11. The van der Waals surface area contributed by atoms with Gasteiger partial charge in [-0.3, -0.25) is 9.59 Å². The first-order valence-electron chi connectivity index (χ1n) is 7.07. The van der Waals surface area contributed by atoms with E-state index < -0.39 is 5.69 Å². The van der Waals surface area contributed by atoms with Gasteiger partial charge in [-0.2, -0.15) is 4.98 Å². The molecular weight excluding hydrogens is 272 g/mol. The summed E-state index contributed by atoms with van der Waals surface area (Å²) in [4.78, 5) is 43.1. The maximum absolute atomic E-state index is 12.4. The molecule has 0 saturated carbocycles. The van der Waals surface area contributed by atoms with E-state index in [0.29, 0.717) is 25.2 Å². The topological polar surface area (TPSA) is 95.2 Å². The van der Waals surface area contributed by atoms with E-state index in [0.717, 1.165) is 0 Å². The Morgan fingerprint density at radius 2 is 2.19 bits per heavy atom. The number of likely N-dealkylation sites (tertiary alicyclic amines) is 1. The maximum Gasteiger partial charge on any atom is 0.345 e. The number of H-pyrrole nitrogens is 1. The van der Waals surface area contributed by atoms with Crippen LogP contribution < -0.4 is 11.0 Å². The Hall–Kier alpha value is -2.18. The van der Waals surface area contributed by atoms with Crippen LogP contribution in [0, 0.1) is 12.8 Å². The van der Waals surface area contributed by atoms with Crippen LogP contribution in [-0.2, 0) is 4.79 Å². The van der Waals surface area contributed by atoms with Gasteiger partial charge in [0.1, 0.15) is 5.69 Å². The fourth-order valence-electron chi connectivity index (χ4n) is 2.48. The van der Waals surface area contributed by atoms with Gasteiger partial charge >= 0.3 is 5.69 Å². The van der Waals surface area contributed by atoms with Gasteiger partial charge in [-0.15, -0.1) is 0 Å². The van der Waals surface area contributed by atoms with Gasteiger partial charge in [0, 0.05) is 25.2 Å². The number of hydrogen-bond donors (Lipinski definition) is 2. The van der Waals surface area contributed by atoms with Crippen molar-refractivity contribution in [3.05, 3.63) is 27.9 Å². The minimum absolute atomic E-state index is 0.0220. The second-order valence-corrected chi connectivity index (χ2v) is 5.47. The number of nitrogens with zero attached hydrogens (tertiary/aromatic N) is 2. The van der Waals surface area contributed by atoms with E-state index >= 15 is 0 Å². The van der Waals surface area contributed by atoms with E-state index in [2.05, 4.69) is 15.3 Å². The average Bonchev–Trinajstić information content (AvgIpc) is 2.78. The normalized spacial score (nSPS) is 21.4. The van der Waals surface area contributed by atoms with Gasteiger partial charge in [0.2, 0.25) is 5.91 Å². The summed E-state index contributed by atoms with van der Waals surface area (Å²) in [7, 11) is 0. The molecular formula is C14H20N4O3. The van der Waals surface area contributed by atoms with E-state index in [4.69, 9.17) is 0 Å². The second kappa shape index (κ2) is 6.07. The molecule has 0 bridgehead atoms. The largest absolute Gasteiger partial charge is 0.351 e. The van der Waals surface area contributed by atoms with Crippen molar-refractivity contribution in [2.24, 2.45) is 5.92 Å². The molecule has 1 aliphatic rings. The molecule has 21 heavy (non-hydrogen) atoms. The van der Waals surface area contributed by atoms with Crippen LogP contribution in [0.15, 0.2) is 10.9 Å². The number of aryl methyl sites for hydroxylation is 1. The molecule has 0 radical (unpaired) electrons. The van der Waals surface area contributed by atoms with E-state index in [1.54, 1.807) is 24.8 Å². The number of aromatic amines is 1. The van der Waals surface area contributed by atoms with Gasteiger partial charge in [0.05, 0.1) is 6.04 Å². The van der Waals surface area contributed by atoms with Crippen LogP contribution >= 0.6 is 0 Å². The van der Waals surface area contributed by atoms with E-state index in [1.807, 2.05) is 6.92 Å². The molecule has 2 unspecified atom stereocenters. The van der Waals surface area contributed by atoms with Gasteiger partial charge in [-0.25, -0.2) is 4.79 Å². The summed E-state index contributed by atoms with van der Waals surface area (Å²) in [5, 5.41) is 2.92. The SMILES string of the molecule is CCC(=O)NC1CN(C(=O)c2cc(C)[nH]c(=O)n2)CC1C. The zero-order valence-electron chi connectivity index (χ0n) is 12.5. The van der Waals surface area contributed by atoms with Crippen molar-refractivity contribution in [1.29, 1.82) is 0 Å². The van der Waals surface area contributed by atoms with Gasteiger partial charge in [0.25, 0.3) is 5.91 Å². The third-order valence-electron chi connectivity index (χ3n) is 3.67. The Labute approximate surface area is 122 Å². The number of carbonyl (C=O) groups is 2. The third-order valence-corrected chi connectivity index (χ3v) is 3.67. The maximum atomic E-state index is 12.4. The highest BCUT2D eigenvalue weighted by atomic mass is 16.2. The summed E-state index contributed by atoms with van der Waals surface area (Å²) in [6.07, 6.45) is 0.423. The van der Waals surface area contributed by atoms with Gasteiger partial charge in [0.15, 0.2) is 0 Å². The molecule has 0 aromatic carbocycles. The lowest BCUT2D eigenvalue weighted by Crippen LogP contribution is -2.40. The molecule has 2 amide bonds. The van der Waals surface area contributed by atoms with Gasteiger partial charge in [-0.05, 0) is 18.9 Å². The second-order valence-electron chi connectivity index (χ2n) is 5.47. The minimum Gasteiger partial charge on any atom is -0.351 e. The first-order valence-corrected chi connectivity index (χ1v) is 7.07. The van der Waals surface area contributed by atoms with Crippen LogP contribution in [0.25, 0.3) is 0 Å². The molecule has 1 saturated heterocycles. The van der Waals surface area contributed by atoms with E-state index in [-0.39, 0.29) is 29.5 Å². The zero-order chi connectivity index (χ0) is 15.6. The molecule has 1 aromatic heterocycles. The molecule has 2 N–H and O–H groups in total. The number of rotatable bonds is 3. The fourth-order valence-corrected chi connectivity index (χ4v) is 2.48. The molecule has 1 aliphatic heterocycles. The van der Waals surface area contributed by atoms with Crippen LogP contribution in [0.5, 0.6) is 0 Å². The summed E-state index contributed by atoms with van der Waals surface area (Å²) in [5.41, 5.74) is 0.216. The molecule has 2 atom stereocenters. The predicted octanol–water partition coefficient (Wildman–Crippen LogP) is 0.0650. The lowest BCUT2D eigenvalue weighted by atomic mass is 10.1. The number of nitrogens with one attached hydrogen (secondary N) is 2. The smallest absolute Gasteiger partial charge is 0.345 e. The standard InChI is InChI=1S/C14H20N4O3/c1-4-12(19)16-11-7-18(6-8(11)2)13(20)10-5-9(3)15-14(21)17-10/h5,8,11H,4,6-7H2,1-3H3,(H,16,19)(H,15,17,21). The van der Waals surface area contributed by atoms with Crippen molar-refractivity contribution in [2.45, 2.75) is 33.2 Å².